The number of rotatable bonds is 5. The molecule has 0 saturated carbocycles. The quantitative estimate of drug-likeness (QED) is 0.421. The van der Waals surface area contributed by atoms with Crippen molar-refractivity contribution < 1.29 is 87.6 Å². The fourth-order valence-electron chi connectivity index (χ4n) is 0.684. The number of carboxylic acids is 3. The van der Waals surface area contributed by atoms with Gasteiger partial charge in [0.2, 0.25) is 0 Å². The summed E-state index contributed by atoms with van der Waals surface area (Å²) in [5.74, 6) is -5.98. The van der Waals surface area contributed by atoms with Crippen molar-refractivity contribution in [3.8, 4) is 0 Å². The molecule has 15 heavy (non-hydrogen) atoms. The van der Waals surface area contributed by atoms with Gasteiger partial charge >= 0.3 is 77.6 Å². The maximum absolute atomic E-state index is 10.1. The van der Waals surface area contributed by atoms with Crippen LogP contribution in [0.5, 0.6) is 0 Å². The van der Waals surface area contributed by atoms with Crippen LogP contribution < -0.4 is 66.7 Å². The maximum atomic E-state index is 10.1. The molecule has 0 aromatic rings. The van der Waals surface area contributed by atoms with E-state index in [1.165, 1.54) is 0 Å². The van der Waals surface area contributed by atoms with Crippen LogP contribution in [0.2, 0.25) is 0 Å². The number of aliphatic carboxylic acids is 3. The predicted molar refractivity (Wildman–Crippen MR) is 36.1 cm³/mol. The molecule has 78 valence electrons. The smallest absolute Gasteiger partial charge is 1.00 e. The summed E-state index contributed by atoms with van der Waals surface area (Å²) in [5.41, 5.74) is -2.97. The Labute approximate surface area is 148 Å². The van der Waals surface area contributed by atoms with Gasteiger partial charge in [0.25, 0.3) is 0 Å². The Kier molecular flexibility index (Phi) is 12.7. The summed E-state index contributed by atoms with van der Waals surface area (Å²) < 4.78 is 0. The van der Waals surface area contributed by atoms with Crippen molar-refractivity contribution in [2.75, 3.05) is 0 Å². The molecule has 0 fully saturated rings. The van der Waals surface area contributed by atoms with Crippen LogP contribution in [0, 0.1) is 0 Å². The van der Waals surface area contributed by atoms with Gasteiger partial charge in [0, 0.05) is 24.8 Å². The van der Waals surface area contributed by atoms with Gasteiger partial charge < -0.3 is 36.2 Å². The minimum Gasteiger partial charge on any atom is -1.00 e. The first kappa shape index (κ1) is 21.2. The average Bonchev–Trinajstić information content (AvgIpc) is 1.82. The van der Waals surface area contributed by atoms with Crippen LogP contribution in [0.1, 0.15) is 14.3 Å². The fraction of sp³-hybridized carbons (Fsp3) is 0.500. The van der Waals surface area contributed by atoms with Crippen molar-refractivity contribution in [2.45, 2.75) is 18.4 Å². The van der Waals surface area contributed by atoms with E-state index in [-0.39, 0.29) is 79.0 Å². The number of hydrogen-bond donors (Lipinski definition) is 1. The van der Waals surface area contributed by atoms with Gasteiger partial charge in [-0.25, -0.2) is 0 Å². The third-order valence-electron chi connectivity index (χ3n) is 1.25. The first-order valence-corrected chi connectivity index (χ1v) is 3.11. The fourth-order valence-corrected chi connectivity index (χ4v) is 0.684. The summed E-state index contributed by atoms with van der Waals surface area (Å²) >= 11 is 0. The summed E-state index contributed by atoms with van der Waals surface area (Å²) in [4.78, 5) is 30.0. The molecule has 0 unspecified atom stereocenters. The third-order valence-corrected chi connectivity index (χ3v) is 1.25. The number of hydrogen-bond acceptors (Lipinski definition) is 7. The van der Waals surface area contributed by atoms with Crippen LogP contribution in [0.15, 0.2) is 0 Å². The summed E-state index contributed by atoms with van der Waals surface area (Å²) in [6, 6.07) is 0. The van der Waals surface area contributed by atoms with Gasteiger partial charge in [-0.15, -0.1) is 0 Å². The zero-order chi connectivity index (χ0) is 10.6. The van der Waals surface area contributed by atoms with E-state index in [2.05, 4.69) is 0 Å². The van der Waals surface area contributed by atoms with E-state index in [1.54, 1.807) is 0 Å². The Morgan fingerprint density at radius 3 is 1.47 bits per heavy atom. The van der Waals surface area contributed by atoms with Crippen LogP contribution in [-0.2, 0) is 14.4 Å². The van der Waals surface area contributed by atoms with Crippen LogP contribution in [0.25, 0.3) is 0 Å². The van der Waals surface area contributed by atoms with Gasteiger partial charge in [-0.2, -0.15) is 0 Å². The Hall–Kier alpha value is 0.889. The van der Waals surface area contributed by atoms with Crippen LogP contribution >= 0.6 is 0 Å². The Bertz CT molecular complexity index is 243. The molecule has 0 aromatic carbocycles. The topological polar surface area (TPSA) is 141 Å². The van der Waals surface area contributed by atoms with Crippen molar-refractivity contribution in [1.82, 2.24) is 0 Å². The summed E-state index contributed by atoms with van der Waals surface area (Å²) in [5, 5.41) is 38.9. The first-order valence-electron chi connectivity index (χ1n) is 3.11. The Morgan fingerprint density at radius 1 is 1.07 bits per heavy atom. The van der Waals surface area contributed by atoms with Crippen molar-refractivity contribution in [2.24, 2.45) is 0 Å². The summed E-state index contributed by atoms with van der Waals surface area (Å²) in [6.45, 7) is 0. The van der Waals surface area contributed by atoms with Crippen molar-refractivity contribution in [1.29, 1.82) is 0 Å². The second-order valence-corrected chi connectivity index (χ2v) is 2.42. The Balaban J connectivity index is -0.000000240. The summed E-state index contributed by atoms with van der Waals surface area (Å²) in [7, 11) is 0. The summed E-state index contributed by atoms with van der Waals surface area (Å²) in [6.07, 6.45) is -2.72. The second kappa shape index (κ2) is 8.98. The molecular weight excluding hydrogens is 432 g/mol. The van der Waals surface area contributed by atoms with Crippen LogP contribution in [-0.4, -0.2) is 54.8 Å². The molecule has 9 heteroatoms. The maximum Gasteiger partial charge on any atom is 3.00 e. The van der Waals surface area contributed by atoms with E-state index < -0.39 is 36.4 Å². The van der Waals surface area contributed by atoms with E-state index in [9.17, 15) is 29.7 Å². The van der Waals surface area contributed by atoms with E-state index in [0.29, 0.717) is 0 Å². The Morgan fingerprint density at radius 2 is 1.33 bits per heavy atom. The molecule has 0 heterocycles. The van der Waals surface area contributed by atoms with E-state index in [1.807, 2.05) is 0 Å². The molecule has 0 aliphatic rings. The second-order valence-electron chi connectivity index (χ2n) is 2.42. The molecule has 1 N–H and O–H groups in total. The molecule has 0 bridgehead atoms. The van der Waals surface area contributed by atoms with Gasteiger partial charge in [-0.3, -0.25) is 0 Å². The largest absolute Gasteiger partial charge is 3.00 e. The molecule has 0 aromatic heterocycles. The third kappa shape index (κ3) is 8.67. The molecule has 0 atom stereocenters. The molecular formula is C6H6BiKO7. The van der Waals surface area contributed by atoms with Gasteiger partial charge in [0.15, 0.2) is 0 Å². The predicted octanol–water partition coefficient (Wildman–Crippen LogP) is -8.52. The normalized spacial score (nSPS) is 9.40. The molecule has 0 aliphatic carbocycles. The number of carbonyl (C=O) groups is 3. The SMILES string of the molecule is O=C([O-])CC(O)(CC(=O)[O-])C(=O)[O-].[Bi+3].[H-].[K+]. The minimum atomic E-state index is -2.97. The molecule has 0 spiro atoms. The zero-order valence-corrected chi connectivity index (χ0v) is 14.4. The molecule has 2 radical (unpaired) electrons. The minimum absolute atomic E-state index is 0. The number of aliphatic hydroxyl groups is 1. The molecule has 0 aliphatic heterocycles. The average molecular weight is 438 g/mol. The molecule has 7 nitrogen and oxygen atoms in total. The van der Waals surface area contributed by atoms with Gasteiger partial charge in [-0.05, 0) is 0 Å². The van der Waals surface area contributed by atoms with Gasteiger partial charge in [0.1, 0.15) is 5.60 Å². The monoisotopic (exact) mass is 438 g/mol. The first-order chi connectivity index (χ1) is 5.78. The molecule has 0 amide bonds. The van der Waals surface area contributed by atoms with E-state index >= 15 is 0 Å². The van der Waals surface area contributed by atoms with Crippen molar-refractivity contribution in [3.05, 3.63) is 0 Å². The number of carbonyl (C=O) groups excluding carboxylic acids is 3. The van der Waals surface area contributed by atoms with Crippen molar-refractivity contribution in [3.63, 3.8) is 0 Å². The molecule has 0 rings (SSSR count). The number of carboxylic acid groups (broad SMARTS) is 3. The van der Waals surface area contributed by atoms with Crippen molar-refractivity contribution >= 4 is 44.1 Å². The standard InChI is InChI=1S/C6H8O7.Bi.K.H/c7-3(8)1-6(13,5(11)12)2-4(9)10;;;/h13H,1-2H2,(H,7,8)(H,9,10)(H,11,12);;;/q;+3;+1;-1/p-3. The van der Waals surface area contributed by atoms with E-state index in [4.69, 9.17) is 5.11 Å². The van der Waals surface area contributed by atoms with Crippen LogP contribution in [0.3, 0.4) is 0 Å². The van der Waals surface area contributed by atoms with E-state index in [0.717, 1.165) is 0 Å². The molecule has 0 saturated heterocycles. The van der Waals surface area contributed by atoms with Gasteiger partial charge in [0.05, 0.1) is 5.97 Å². The van der Waals surface area contributed by atoms with Gasteiger partial charge in [-0.1, -0.05) is 0 Å². The zero-order valence-electron chi connectivity index (χ0n) is 8.76. The van der Waals surface area contributed by atoms with Crippen LogP contribution in [0.4, 0.5) is 0 Å².